The number of ether oxygens (including phenoxy) is 1. The number of hydrazone groups is 1. The molecule has 0 aliphatic heterocycles. The molecule has 0 atom stereocenters. The van der Waals surface area contributed by atoms with Crippen LogP contribution in [0.25, 0.3) is 0 Å². The van der Waals surface area contributed by atoms with Crippen LogP contribution in [-0.2, 0) is 11.3 Å². The number of carbonyl (C=O) groups is 1. The molecule has 1 heterocycles. The van der Waals surface area contributed by atoms with Crippen molar-refractivity contribution in [2.24, 2.45) is 5.10 Å². The molecule has 1 aromatic heterocycles. The lowest BCUT2D eigenvalue weighted by Gasteiger charge is -2.07. The molecule has 1 amide bonds. The summed E-state index contributed by atoms with van der Waals surface area (Å²) in [6.07, 6.45) is 1.21. The molecule has 1 N–H and O–H groups in total. The number of nitro groups is 1. The lowest BCUT2D eigenvalue weighted by atomic mass is 10.3. The van der Waals surface area contributed by atoms with Crippen LogP contribution in [0.2, 0.25) is 5.02 Å². The molecule has 0 radical (unpaired) electrons. The Hall–Kier alpha value is -2.53. The molecule has 0 saturated heterocycles. The molecule has 0 aliphatic rings. The SMILES string of the molecule is C/C(Cn1cnc([N+](=O)[O-])n1)=N\NC(=O)COc1ccc(Cl)cc1Br. The number of aromatic nitrogens is 3. The summed E-state index contributed by atoms with van der Waals surface area (Å²) >= 11 is 9.09. The first kappa shape index (κ1) is 18.8. The van der Waals surface area contributed by atoms with E-state index in [-0.39, 0.29) is 13.2 Å². The lowest BCUT2D eigenvalue weighted by molar-refractivity contribution is -0.394. The minimum Gasteiger partial charge on any atom is -0.483 e. The Morgan fingerprint density at radius 3 is 2.96 bits per heavy atom. The average Bonchev–Trinajstić information content (AvgIpc) is 3.01. The predicted molar refractivity (Wildman–Crippen MR) is 92.6 cm³/mol. The van der Waals surface area contributed by atoms with Crippen molar-refractivity contribution in [3.8, 4) is 5.75 Å². The third-order valence-corrected chi connectivity index (χ3v) is 3.56. The van der Waals surface area contributed by atoms with E-state index >= 15 is 0 Å². The van der Waals surface area contributed by atoms with E-state index in [1.165, 1.54) is 11.0 Å². The Kier molecular flexibility index (Phi) is 6.42. The summed E-state index contributed by atoms with van der Waals surface area (Å²) in [6, 6.07) is 4.92. The van der Waals surface area contributed by atoms with Gasteiger partial charge in [0.25, 0.3) is 5.91 Å². The topological polar surface area (TPSA) is 125 Å². The van der Waals surface area contributed by atoms with E-state index in [2.05, 4.69) is 36.5 Å². The van der Waals surface area contributed by atoms with Crippen molar-refractivity contribution >= 4 is 45.1 Å². The first-order valence-electron chi connectivity index (χ1n) is 6.79. The molecule has 2 rings (SSSR count). The van der Waals surface area contributed by atoms with Gasteiger partial charge in [0.2, 0.25) is 6.33 Å². The summed E-state index contributed by atoms with van der Waals surface area (Å²) < 4.78 is 7.21. The van der Waals surface area contributed by atoms with Gasteiger partial charge in [-0.1, -0.05) is 16.6 Å². The fourth-order valence-electron chi connectivity index (χ4n) is 1.64. The Bertz CT molecular complexity index is 825. The Balaban J connectivity index is 1.83. The molecule has 12 heteroatoms. The number of hydrogen-bond donors (Lipinski definition) is 1. The molecular formula is C13H12BrClN6O4. The van der Waals surface area contributed by atoms with E-state index in [0.29, 0.717) is 21.0 Å². The van der Waals surface area contributed by atoms with E-state index in [1.54, 1.807) is 25.1 Å². The monoisotopic (exact) mass is 430 g/mol. The van der Waals surface area contributed by atoms with Crippen molar-refractivity contribution < 1.29 is 14.5 Å². The zero-order valence-corrected chi connectivity index (χ0v) is 15.2. The molecule has 0 unspecified atom stereocenters. The summed E-state index contributed by atoms with van der Waals surface area (Å²) in [7, 11) is 0. The second-order valence-corrected chi connectivity index (χ2v) is 6.04. The third-order valence-electron chi connectivity index (χ3n) is 2.70. The standard InChI is InChI=1S/C13H12BrClN6O4/c1-8(5-20-7-16-13(19-20)21(23)24)17-18-12(22)6-25-11-3-2-9(15)4-10(11)14/h2-4,7H,5-6H2,1H3,(H,18,22)/b17-8+. The number of hydrogen-bond acceptors (Lipinski definition) is 7. The van der Waals surface area contributed by atoms with Crippen LogP contribution in [0, 0.1) is 10.1 Å². The van der Waals surface area contributed by atoms with Crippen LogP contribution in [0.4, 0.5) is 5.95 Å². The van der Waals surface area contributed by atoms with Gasteiger partial charge >= 0.3 is 5.95 Å². The fraction of sp³-hybridized carbons (Fsp3) is 0.231. The molecule has 1 aromatic carbocycles. The highest BCUT2D eigenvalue weighted by Crippen LogP contribution is 2.27. The van der Waals surface area contributed by atoms with Crippen molar-refractivity contribution in [3.05, 3.63) is 44.1 Å². The van der Waals surface area contributed by atoms with Crippen LogP contribution >= 0.6 is 27.5 Å². The van der Waals surface area contributed by atoms with Gasteiger partial charge in [-0.15, -0.1) is 0 Å². The van der Waals surface area contributed by atoms with Crippen LogP contribution in [-0.4, -0.2) is 37.9 Å². The number of nitrogens with zero attached hydrogens (tertiary/aromatic N) is 5. The first-order valence-corrected chi connectivity index (χ1v) is 7.96. The fourth-order valence-corrected chi connectivity index (χ4v) is 2.44. The van der Waals surface area contributed by atoms with Crippen LogP contribution in [0.3, 0.4) is 0 Å². The molecule has 0 bridgehead atoms. The van der Waals surface area contributed by atoms with Crippen molar-refractivity contribution in [3.63, 3.8) is 0 Å². The van der Waals surface area contributed by atoms with Gasteiger partial charge in [0.15, 0.2) is 6.61 Å². The van der Waals surface area contributed by atoms with Crippen LogP contribution in [0.5, 0.6) is 5.75 Å². The highest BCUT2D eigenvalue weighted by molar-refractivity contribution is 9.10. The minimum atomic E-state index is -0.697. The normalized spacial score (nSPS) is 11.2. The molecule has 25 heavy (non-hydrogen) atoms. The lowest BCUT2D eigenvalue weighted by Crippen LogP contribution is -2.26. The second-order valence-electron chi connectivity index (χ2n) is 4.74. The van der Waals surface area contributed by atoms with Crippen molar-refractivity contribution in [2.75, 3.05) is 6.61 Å². The molecule has 2 aromatic rings. The smallest absolute Gasteiger partial charge is 0.483 e. The highest BCUT2D eigenvalue weighted by atomic mass is 79.9. The maximum Gasteiger partial charge on any atom is 0.490 e. The van der Waals surface area contributed by atoms with Crippen LogP contribution in [0.1, 0.15) is 6.92 Å². The number of nitrogens with one attached hydrogen (secondary N) is 1. The maximum absolute atomic E-state index is 11.7. The Morgan fingerprint density at radius 1 is 1.56 bits per heavy atom. The quantitative estimate of drug-likeness (QED) is 0.407. The van der Waals surface area contributed by atoms with Gasteiger partial charge in [-0.3, -0.25) is 4.79 Å². The van der Waals surface area contributed by atoms with Gasteiger partial charge in [-0.25, -0.2) is 5.43 Å². The zero-order chi connectivity index (χ0) is 18.4. The number of amides is 1. The molecule has 10 nitrogen and oxygen atoms in total. The van der Waals surface area contributed by atoms with E-state index in [4.69, 9.17) is 16.3 Å². The molecule has 132 valence electrons. The summed E-state index contributed by atoms with van der Waals surface area (Å²) in [5, 5.41) is 18.6. The van der Waals surface area contributed by atoms with E-state index in [9.17, 15) is 14.9 Å². The van der Waals surface area contributed by atoms with Gasteiger partial charge in [0.1, 0.15) is 5.75 Å². The Morgan fingerprint density at radius 2 is 2.32 bits per heavy atom. The molecule has 0 spiro atoms. The van der Waals surface area contributed by atoms with Gasteiger partial charge in [0, 0.05) is 10.1 Å². The van der Waals surface area contributed by atoms with Crippen molar-refractivity contribution in [1.29, 1.82) is 0 Å². The highest BCUT2D eigenvalue weighted by Gasteiger charge is 2.13. The largest absolute Gasteiger partial charge is 0.490 e. The van der Waals surface area contributed by atoms with Crippen LogP contribution in [0.15, 0.2) is 34.1 Å². The summed E-state index contributed by atoms with van der Waals surface area (Å²) in [5.41, 5.74) is 2.79. The maximum atomic E-state index is 11.7. The van der Waals surface area contributed by atoms with E-state index in [0.717, 1.165) is 0 Å². The summed E-state index contributed by atoms with van der Waals surface area (Å²) in [6.45, 7) is 1.53. The summed E-state index contributed by atoms with van der Waals surface area (Å²) in [5.74, 6) is -0.500. The third kappa shape index (κ3) is 5.80. The van der Waals surface area contributed by atoms with Crippen molar-refractivity contribution in [2.45, 2.75) is 13.5 Å². The van der Waals surface area contributed by atoms with Crippen molar-refractivity contribution in [1.82, 2.24) is 20.2 Å². The molecular weight excluding hydrogens is 420 g/mol. The van der Waals surface area contributed by atoms with Gasteiger partial charge < -0.3 is 14.9 Å². The van der Waals surface area contributed by atoms with Crippen LogP contribution < -0.4 is 10.2 Å². The summed E-state index contributed by atoms with van der Waals surface area (Å²) in [4.78, 5) is 25.1. The van der Waals surface area contributed by atoms with Gasteiger partial charge in [-0.2, -0.15) is 9.78 Å². The first-order chi connectivity index (χ1) is 11.8. The van der Waals surface area contributed by atoms with E-state index in [1.807, 2.05) is 0 Å². The molecule has 0 fully saturated rings. The second kappa shape index (κ2) is 8.53. The van der Waals surface area contributed by atoms with Gasteiger partial charge in [0.05, 0.1) is 16.7 Å². The minimum absolute atomic E-state index is 0.144. The van der Waals surface area contributed by atoms with E-state index < -0.39 is 16.8 Å². The Labute approximate surface area is 155 Å². The number of rotatable bonds is 7. The van der Waals surface area contributed by atoms with Gasteiger partial charge in [-0.05, 0) is 46.0 Å². The predicted octanol–water partition coefficient (Wildman–Crippen LogP) is 2.17. The number of halogens is 2. The molecule has 0 aliphatic carbocycles. The molecule has 0 saturated carbocycles. The number of benzene rings is 1. The zero-order valence-electron chi connectivity index (χ0n) is 12.8. The average molecular weight is 432 g/mol. The number of carbonyl (C=O) groups excluding carboxylic acids is 1.